The van der Waals surface area contributed by atoms with Crippen LogP contribution in [0, 0.1) is 34.6 Å². The molecule has 2 aromatic rings. The number of halogens is 1. The molecule has 0 saturated heterocycles. The highest BCUT2D eigenvalue weighted by Crippen LogP contribution is 2.35. The molecule has 19 heavy (non-hydrogen) atoms. The molecule has 0 amide bonds. The van der Waals surface area contributed by atoms with Crippen LogP contribution in [0.4, 0.5) is 0 Å². The minimum atomic E-state index is -0.0690. The topological polar surface area (TPSA) is 0 Å². The number of hydrogen-bond acceptors (Lipinski definition) is 0. The van der Waals surface area contributed by atoms with E-state index >= 15 is 0 Å². The molecule has 100 valence electrons. The third-order valence-corrected chi connectivity index (χ3v) is 4.15. The van der Waals surface area contributed by atoms with Gasteiger partial charge in [-0.25, -0.2) is 0 Å². The van der Waals surface area contributed by atoms with Gasteiger partial charge in [0.2, 0.25) is 0 Å². The van der Waals surface area contributed by atoms with E-state index in [4.69, 9.17) is 11.6 Å². The molecule has 0 bridgehead atoms. The second-order valence-electron chi connectivity index (χ2n) is 5.53. The summed E-state index contributed by atoms with van der Waals surface area (Å²) in [6.07, 6.45) is 0. The Morgan fingerprint density at radius 2 is 1.32 bits per heavy atom. The van der Waals surface area contributed by atoms with Gasteiger partial charge in [0.1, 0.15) is 0 Å². The predicted octanol–water partition coefficient (Wildman–Crippen LogP) is 5.56. The summed E-state index contributed by atoms with van der Waals surface area (Å²) in [6.45, 7) is 10.7. The summed E-state index contributed by atoms with van der Waals surface area (Å²) >= 11 is 6.77. The van der Waals surface area contributed by atoms with E-state index in [1.807, 2.05) is 0 Å². The standard InChI is InChI=1S/C18H21Cl/c1-11-6-7-13(3)16(10-11)18(19)17-14(4)8-12(2)9-15(17)5/h6-10,18H,1-5H3. The van der Waals surface area contributed by atoms with Crippen LogP contribution in [0.3, 0.4) is 0 Å². The molecule has 0 N–H and O–H groups in total. The van der Waals surface area contributed by atoms with E-state index < -0.39 is 0 Å². The lowest BCUT2D eigenvalue weighted by molar-refractivity contribution is 1.05. The van der Waals surface area contributed by atoms with E-state index in [2.05, 4.69) is 65.0 Å². The van der Waals surface area contributed by atoms with Gasteiger partial charge in [-0.05, 0) is 62.4 Å². The molecule has 0 spiro atoms. The Labute approximate surface area is 121 Å². The Bertz CT molecular complexity index is 588. The molecule has 1 atom stereocenters. The van der Waals surface area contributed by atoms with E-state index in [9.17, 15) is 0 Å². The summed E-state index contributed by atoms with van der Waals surface area (Å²) in [5, 5.41) is -0.0690. The van der Waals surface area contributed by atoms with Crippen molar-refractivity contribution in [1.82, 2.24) is 0 Å². The summed E-state index contributed by atoms with van der Waals surface area (Å²) in [5.41, 5.74) is 8.83. The van der Waals surface area contributed by atoms with Crippen molar-refractivity contribution in [1.29, 1.82) is 0 Å². The van der Waals surface area contributed by atoms with Crippen LogP contribution < -0.4 is 0 Å². The van der Waals surface area contributed by atoms with Gasteiger partial charge in [0.15, 0.2) is 0 Å². The van der Waals surface area contributed by atoms with Crippen molar-refractivity contribution in [3.05, 3.63) is 69.3 Å². The fourth-order valence-corrected chi connectivity index (χ4v) is 3.36. The number of hydrogen-bond donors (Lipinski definition) is 0. The number of alkyl halides is 1. The second kappa shape index (κ2) is 5.38. The van der Waals surface area contributed by atoms with Crippen LogP contribution in [0.15, 0.2) is 30.3 Å². The highest BCUT2D eigenvalue weighted by atomic mass is 35.5. The first-order chi connectivity index (χ1) is 8.90. The lowest BCUT2D eigenvalue weighted by atomic mass is 9.91. The molecule has 1 unspecified atom stereocenters. The van der Waals surface area contributed by atoms with Gasteiger partial charge in [0.05, 0.1) is 5.38 Å². The third-order valence-electron chi connectivity index (χ3n) is 3.70. The Balaban J connectivity index is 2.56. The molecule has 0 aliphatic heterocycles. The normalized spacial score (nSPS) is 12.5. The Kier molecular flexibility index (Phi) is 4.01. The number of aryl methyl sites for hydroxylation is 5. The monoisotopic (exact) mass is 272 g/mol. The zero-order valence-corrected chi connectivity index (χ0v) is 13.1. The Morgan fingerprint density at radius 3 is 1.89 bits per heavy atom. The third kappa shape index (κ3) is 2.84. The van der Waals surface area contributed by atoms with Gasteiger partial charge in [-0.1, -0.05) is 41.5 Å². The van der Waals surface area contributed by atoms with Gasteiger partial charge in [0, 0.05) is 0 Å². The predicted molar refractivity (Wildman–Crippen MR) is 84.3 cm³/mol. The van der Waals surface area contributed by atoms with Gasteiger partial charge < -0.3 is 0 Å². The van der Waals surface area contributed by atoms with Crippen LogP contribution in [-0.4, -0.2) is 0 Å². The van der Waals surface area contributed by atoms with Gasteiger partial charge in [-0.15, -0.1) is 11.6 Å². The summed E-state index contributed by atoms with van der Waals surface area (Å²) in [5.74, 6) is 0. The van der Waals surface area contributed by atoms with E-state index in [1.54, 1.807) is 0 Å². The molecular weight excluding hydrogens is 252 g/mol. The zero-order chi connectivity index (χ0) is 14.2. The lowest BCUT2D eigenvalue weighted by Gasteiger charge is -2.19. The van der Waals surface area contributed by atoms with Crippen molar-refractivity contribution < 1.29 is 0 Å². The van der Waals surface area contributed by atoms with Crippen molar-refractivity contribution in [3.8, 4) is 0 Å². The summed E-state index contributed by atoms with van der Waals surface area (Å²) in [6, 6.07) is 10.9. The summed E-state index contributed by atoms with van der Waals surface area (Å²) < 4.78 is 0. The van der Waals surface area contributed by atoms with Gasteiger partial charge >= 0.3 is 0 Å². The summed E-state index contributed by atoms with van der Waals surface area (Å²) in [4.78, 5) is 0. The molecule has 0 aromatic heterocycles. The maximum atomic E-state index is 6.77. The Morgan fingerprint density at radius 1 is 0.737 bits per heavy atom. The van der Waals surface area contributed by atoms with E-state index in [0.717, 1.165) is 0 Å². The highest BCUT2D eigenvalue weighted by Gasteiger charge is 2.17. The van der Waals surface area contributed by atoms with Gasteiger partial charge in [0.25, 0.3) is 0 Å². The fraction of sp³-hybridized carbons (Fsp3) is 0.333. The van der Waals surface area contributed by atoms with Crippen LogP contribution in [0.5, 0.6) is 0 Å². The van der Waals surface area contributed by atoms with Crippen molar-refractivity contribution in [2.45, 2.75) is 40.0 Å². The molecule has 0 aliphatic rings. The van der Waals surface area contributed by atoms with Crippen LogP contribution in [0.1, 0.15) is 44.3 Å². The summed E-state index contributed by atoms with van der Waals surface area (Å²) in [7, 11) is 0. The van der Waals surface area contributed by atoms with E-state index in [1.165, 1.54) is 38.9 Å². The minimum Gasteiger partial charge on any atom is -0.113 e. The second-order valence-corrected chi connectivity index (χ2v) is 5.97. The minimum absolute atomic E-state index is 0.0690. The molecular formula is C18H21Cl. The molecule has 0 heterocycles. The quantitative estimate of drug-likeness (QED) is 0.628. The zero-order valence-electron chi connectivity index (χ0n) is 12.3. The van der Waals surface area contributed by atoms with Crippen molar-refractivity contribution in [2.75, 3.05) is 0 Å². The molecule has 2 rings (SSSR count). The molecule has 0 aliphatic carbocycles. The maximum absolute atomic E-state index is 6.77. The molecule has 1 heteroatoms. The van der Waals surface area contributed by atoms with E-state index in [0.29, 0.717) is 0 Å². The molecule has 2 aromatic carbocycles. The maximum Gasteiger partial charge on any atom is 0.0843 e. The van der Waals surface area contributed by atoms with Gasteiger partial charge in [-0.3, -0.25) is 0 Å². The van der Waals surface area contributed by atoms with Crippen LogP contribution in [0.25, 0.3) is 0 Å². The lowest BCUT2D eigenvalue weighted by Crippen LogP contribution is -2.02. The smallest absolute Gasteiger partial charge is 0.0843 e. The average Bonchev–Trinajstić information content (AvgIpc) is 2.30. The first-order valence-corrected chi connectivity index (χ1v) is 7.12. The molecule has 0 nitrogen and oxygen atoms in total. The molecule has 0 fully saturated rings. The van der Waals surface area contributed by atoms with Crippen LogP contribution in [0.2, 0.25) is 0 Å². The van der Waals surface area contributed by atoms with Gasteiger partial charge in [-0.2, -0.15) is 0 Å². The first kappa shape index (κ1) is 14.1. The van der Waals surface area contributed by atoms with Crippen molar-refractivity contribution in [3.63, 3.8) is 0 Å². The van der Waals surface area contributed by atoms with E-state index in [-0.39, 0.29) is 5.38 Å². The largest absolute Gasteiger partial charge is 0.113 e. The molecule has 0 radical (unpaired) electrons. The average molecular weight is 273 g/mol. The number of benzene rings is 2. The fourth-order valence-electron chi connectivity index (χ4n) is 2.78. The van der Waals surface area contributed by atoms with Crippen molar-refractivity contribution in [2.24, 2.45) is 0 Å². The van der Waals surface area contributed by atoms with Crippen LogP contribution in [-0.2, 0) is 0 Å². The number of rotatable bonds is 2. The Hall–Kier alpha value is -1.27. The van der Waals surface area contributed by atoms with Crippen LogP contribution >= 0.6 is 11.6 Å². The van der Waals surface area contributed by atoms with Crippen molar-refractivity contribution >= 4 is 11.6 Å². The molecule has 0 saturated carbocycles. The highest BCUT2D eigenvalue weighted by molar-refractivity contribution is 6.23. The first-order valence-electron chi connectivity index (χ1n) is 6.69. The SMILES string of the molecule is Cc1cc(C)c(C(Cl)c2cc(C)ccc2C)c(C)c1.